The number of anilines is 1. The third-order valence-electron chi connectivity index (χ3n) is 5.32. The molecule has 11 heteroatoms. The number of methoxy groups -OCH3 is 2. The molecule has 1 N–H and O–H groups in total. The third-order valence-corrected chi connectivity index (χ3v) is 6.43. The van der Waals surface area contributed by atoms with Crippen molar-refractivity contribution in [3.8, 4) is 11.5 Å². The van der Waals surface area contributed by atoms with Gasteiger partial charge in [0.05, 0.1) is 26.6 Å². The van der Waals surface area contributed by atoms with Crippen molar-refractivity contribution in [2.45, 2.75) is 11.7 Å². The molecule has 0 aromatic heterocycles. The van der Waals surface area contributed by atoms with Crippen LogP contribution < -0.4 is 14.8 Å². The van der Waals surface area contributed by atoms with E-state index in [1.54, 1.807) is 50.6 Å². The molecule has 3 aromatic carbocycles. The number of amides is 2. The fraction of sp³-hybridized carbons (Fsp3) is 0.148. The maximum Gasteiger partial charge on any atom is 0.263 e. The van der Waals surface area contributed by atoms with Gasteiger partial charge in [-0.25, -0.2) is 4.39 Å². The summed E-state index contributed by atoms with van der Waals surface area (Å²) in [6.07, 6.45) is 2.93. The summed E-state index contributed by atoms with van der Waals surface area (Å²) >= 11 is 1.09. The van der Waals surface area contributed by atoms with Crippen LogP contribution in [0.2, 0.25) is 0 Å². The molecule has 1 heterocycles. The highest BCUT2D eigenvalue weighted by molar-refractivity contribution is 8.15. The number of thioether (sulfide) groups is 1. The number of hydrogen-bond donors (Lipinski definition) is 1. The van der Waals surface area contributed by atoms with Crippen molar-refractivity contribution in [3.63, 3.8) is 0 Å². The average Bonchev–Trinajstić information content (AvgIpc) is 3.22. The average molecular weight is 534 g/mol. The number of amidine groups is 1. The van der Waals surface area contributed by atoms with Crippen LogP contribution in [0, 0.1) is 5.82 Å². The molecule has 0 aliphatic carbocycles. The molecule has 38 heavy (non-hydrogen) atoms. The molecule has 194 valence electrons. The fourth-order valence-electron chi connectivity index (χ4n) is 3.32. The van der Waals surface area contributed by atoms with E-state index in [1.165, 1.54) is 36.7 Å². The van der Waals surface area contributed by atoms with E-state index in [0.717, 1.165) is 27.9 Å². The maximum absolute atomic E-state index is 13.2. The number of nitrogens with one attached hydrogen (secondary N) is 1. The van der Waals surface area contributed by atoms with Crippen LogP contribution in [-0.4, -0.2) is 53.9 Å². The summed E-state index contributed by atoms with van der Waals surface area (Å²) in [6, 6.07) is 19.7. The van der Waals surface area contributed by atoms with Crippen LogP contribution in [0.1, 0.15) is 17.5 Å². The summed E-state index contributed by atoms with van der Waals surface area (Å²) in [7, 11) is 3.16. The van der Waals surface area contributed by atoms with Gasteiger partial charge in [0.25, 0.3) is 5.91 Å². The van der Waals surface area contributed by atoms with Crippen molar-refractivity contribution in [2.24, 2.45) is 15.3 Å². The highest BCUT2D eigenvalue weighted by Crippen LogP contribution is 2.30. The van der Waals surface area contributed by atoms with E-state index in [9.17, 15) is 14.0 Å². The Labute approximate surface area is 223 Å². The first kappa shape index (κ1) is 26.6. The smallest absolute Gasteiger partial charge is 0.263 e. The number of halogens is 1. The number of benzene rings is 3. The van der Waals surface area contributed by atoms with Gasteiger partial charge in [0.15, 0.2) is 0 Å². The second-order valence-corrected chi connectivity index (χ2v) is 9.10. The number of ether oxygens (including phenoxy) is 2. The lowest BCUT2D eigenvalue weighted by atomic mass is 10.2. The minimum atomic E-state index is -0.765. The lowest BCUT2D eigenvalue weighted by molar-refractivity contribution is -0.128. The molecule has 4 rings (SSSR count). The largest absolute Gasteiger partial charge is 0.497 e. The van der Waals surface area contributed by atoms with Gasteiger partial charge in [-0.1, -0.05) is 11.8 Å². The Hall–Kier alpha value is -4.51. The Bertz CT molecular complexity index is 1360. The lowest BCUT2D eigenvalue weighted by Crippen LogP contribution is -2.29. The predicted octanol–water partition coefficient (Wildman–Crippen LogP) is 4.54. The van der Waals surface area contributed by atoms with Gasteiger partial charge in [-0.05, 0) is 83.9 Å². The minimum Gasteiger partial charge on any atom is -0.497 e. The van der Waals surface area contributed by atoms with E-state index in [4.69, 9.17) is 9.47 Å². The molecule has 0 saturated carbocycles. The second kappa shape index (κ2) is 12.6. The maximum atomic E-state index is 13.2. The quantitative estimate of drug-likeness (QED) is 0.321. The van der Waals surface area contributed by atoms with Crippen LogP contribution in [0.5, 0.6) is 11.5 Å². The zero-order valence-electron chi connectivity index (χ0n) is 20.6. The number of rotatable bonds is 9. The van der Waals surface area contributed by atoms with Gasteiger partial charge in [0.1, 0.15) is 22.6 Å². The van der Waals surface area contributed by atoms with Crippen LogP contribution in [0.15, 0.2) is 88.1 Å². The first-order valence-corrected chi connectivity index (χ1v) is 12.3. The number of carbonyl (C=O) groups excluding carboxylic acids is 2. The van der Waals surface area contributed by atoms with Crippen LogP contribution >= 0.6 is 11.8 Å². The molecule has 1 saturated heterocycles. The topological polar surface area (TPSA) is 105 Å². The van der Waals surface area contributed by atoms with Crippen molar-refractivity contribution < 1.29 is 23.5 Å². The Morgan fingerprint density at radius 3 is 2.11 bits per heavy atom. The highest BCUT2D eigenvalue weighted by atomic mass is 32.2. The van der Waals surface area contributed by atoms with Gasteiger partial charge < -0.3 is 14.8 Å². The second-order valence-electron chi connectivity index (χ2n) is 7.93. The summed E-state index contributed by atoms with van der Waals surface area (Å²) < 4.78 is 23.5. The monoisotopic (exact) mass is 533 g/mol. The van der Waals surface area contributed by atoms with E-state index < -0.39 is 22.9 Å². The Balaban J connectivity index is 1.51. The van der Waals surface area contributed by atoms with Crippen LogP contribution in [-0.2, 0) is 9.59 Å². The predicted molar refractivity (Wildman–Crippen MR) is 146 cm³/mol. The summed E-state index contributed by atoms with van der Waals surface area (Å²) in [5.74, 6) is 0.186. The first-order chi connectivity index (χ1) is 18.4. The van der Waals surface area contributed by atoms with Crippen LogP contribution in [0.4, 0.5) is 10.1 Å². The Kier molecular flexibility index (Phi) is 8.83. The van der Waals surface area contributed by atoms with E-state index in [1.807, 2.05) is 12.1 Å². The van der Waals surface area contributed by atoms with E-state index in [2.05, 4.69) is 20.6 Å². The van der Waals surface area contributed by atoms with Gasteiger partial charge in [0.2, 0.25) is 11.1 Å². The molecule has 9 nitrogen and oxygen atoms in total. The van der Waals surface area contributed by atoms with Crippen molar-refractivity contribution >= 4 is 46.9 Å². The molecule has 0 spiro atoms. The van der Waals surface area contributed by atoms with Crippen LogP contribution in [0.25, 0.3) is 0 Å². The fourth-order valence-corrected chi connectivity index (χ4v) is 4.34. The number of hydrogen-bond acceptors (Lipinski definition) is 8. The molecule has 3 aromatic rings. The summed E-state index contributed by atoms with van der Waals surface area (Å²) in [6.45, 7) is 0. The number of nitrogens with zero attached hydrogens (tertiary/aromatic N) is 4. The zero-order chi connectivity index (χ0) is 26.9. The van der Waals surface area contributed by atoms with Crippen molar-refractivity contribution in [3.05, 3.63) is 89.7 Å². The molecular formula is C27H24FN5O4S. The molecule has 0 unspecified atom stereocenters. The zero-order valence-corrected chi connectivity index (χ0v) is 21.4. The minimum absolute atomic E-state index is 0.128. The lowest BCUT2D eigenvalue weighted by Gasteiger charge is -2.09. The summed E-state index contributed by atoms with van der Waals surface area (Å²) in [5, 5.41) is 15.9. The Morgan fingerprint density at radius 1 is 0.947 bits per heavy atom. The molecule has 1 fully saturated rings. The van der Waals surface area contributed by atoms with Crippen LogP contribution in [0.3, 0.4) is 0 Å². The highest BCUT2D eigenvalue weighted by Gasteiger charge is 2.39. The normalized spacial score (nSPS) is 16.5. The molecule has 1 atom stereocenters. The third kappa shape index (κ3) is 7.04. The van der Waals surface area contributed by atoms with E-state index in [0.29, 0.717) is 17.2 Å². The van der Waals surface area contributed by atoms with Gasteiger partial charge in [-0.3, -0.25) is 9.59 Å². The van der Waals surface area contributed by atoms with Gasteiger partial charge in [-0.2, -0.15) is 15.2 Å². The summed E-state index contributed by atoms with van der Waals surface area (Å²) in [4.78, 5) is 25.8. The molecule has 0 radical (unpaired) electrons. The van der Waals surface area contributed by atoms with Gasteiger partial charge >= 0.3 is 0 Å². The standard InChI is InChI=1S/C27H24FN5O4S/c1-36-22-11-3-18(4-12-22)16-29-32-27-33(30-17-19-5-13-23(37-2)14-6-19)26(35)24(38-27)15-25(34)31-21-9-7-20(28)8-10-21/h3-14,16-17,24H,15H2,1-2H3,(H,31,34)/b29-16-,30-17-,32-27-/t24-/m0/s1. The van der Waals surface area contributed by atoms with Gasteiger partial charge in [-0.15, -0.1) is 5.10 Å². The molecule has 0 bridgehead atoms. The molecule has 1 aliphatic rings. The summed E-state index contributed by atoms with van der Waals surface area (Å²) in [5.41, 5.74) is 1.95. The molecular weight excluding hydrogens is 509 g/mol. The van der Waals surface area contributed by atoms with E-state index in [-0.39, 0.29) is 11.6 Å². The Morgan fingerprint density at radius 2 is 1.53 bits per heavy atom. The number of hydrazone groups is 1. The molecule has 2 amide bonds. The van der Waals surface area contributed by atoms with Gasteiger partial charge in [0, 0.05) is 12.1 Å². The SMILES string of the molecule is COc1ccc(/C=N\N=C2/S[C@@H](CC(=O)Nc3ccc(F)cc3)C(=O)N2/N=C\c2ccc(OC)cc2)cc1. The van der Waals surface area contributed by atoms with E-state index >= 15 is 0 Å². The van der Waals surface area contributed by atoms with Crippen molar-refractivity contribution in [1.82, 2.24) is 5.01 Å². The number of carbonyl (C=O) groups is 2. The van der Waals surface area contributed by atoms with Crippen molar-refractivity contribution in [1.29, 1.82) is 0 Å². The molecule has 1 aliphatic heterocycles. The van der Waals surface area contributed by atoms with Crippen molar-refractivity contribution in [2.75, 3.05) is 19.5 Å². The first-order valence-electron chi connectivity index (χ1n) is 11.4.